The van der Waals surface area contributed by atoms with Crippen LogP contribution in [0.2, 0.25) is 0 Å². The topological polar surface area (TPSA) is 83.7 Å². The van der Waals surface area contributed by atoms with Crippen LogP contribution in [0.4, 0.5) is 0 Å². The van der Waals surface area contributed by atoms with Gasteiger partial charge in [-0.25, -0.2) is 15.0 Å². The summed E-state index contributed by atoms with van der Waals surface area (Å²) in [6.07, 6.45) is 8.74. The van der Waals surface area contributed by atoms with E-state index in [4.69, 9.17) is 4.52 Å². The number of likely N-dealkylation sites (tertiary alicyclic amines) is 1. The molecule has 26 heavy (non-hydrogen) atoms. The number of imidazole rings is 1. The minimum Gasteiger partial charge on any atom is -0.361 e. The van der Waals surface area contributed by atoms with Crippen molar-refractivity contribution in [3.63, 3.8) is 0 Å². The summed E-state index contributed by atoms with van der Waals surface area (Å²) in [4.78, 5) is 18.7. The van der Waals surface area contributed by atoms with E-state index in [2.05, 4.69) is 36.1 Å². The molecular formula is C19H24N6O. The molecule has 0 aromatic carbocycles. The highest BCUT2D eigenvalue weighted by Crippen LogP contribution is 2.27. The van der Waals surface area contributed by atoms with Gasteiger partial charge in [0.15, 0.2) is 0 Å². The Balaban J connectivity index is 1.44. The molecule has 7 heteroatoms. The van der Waals surface area contributed by atoms with Crippen LogP contribution in [0.3, 0.4) is 0 Å². The van der Waals surface area contributed by atoms with Crippen LogP contribution in [0.1, 0.15) is 35.7 Å². The lowest BCUT2D eigenvalue weighted by molar-refractivity contribution is 0.165. The Labute approximate surface area is 152 Å². The number of nitrogens with zero attached hydrogens (tertiary/aromatic N) is 5. The average Bonchev–Trinajstić information content (AvgIpc) is 3.25. The van der Waals surface area contributed by atoms with E-state index in [1.165, 1.54) is 18.5 Å². The van der Waals surface area contributed by atoms with Crippen LogP contribution in [0.5, 0.6) is 0 Å². The molecule has 1 aliphatic heterocycles. The summed E-state index contributed by atoms with van der Waals surface area (Å²) in [5, 5.41) is 4.03. The third-order valence-corrected chi connectivity index (χ3v) is 5.06. The number of aromatic amines is 1. The van der Waals surface area contributed by atoms with Gasteiger partial charge < -0.3 is 9.51 Å². The van der Waals surface area contributed by atoms with Crippen LogP contribution in [0.15, 0.2) is 29.4 Å². The van der Waals surface area contributed by atoms with Gasteiger partial charge in [-0.2, -0.15) is 0 Å². The summed E-state index contributed by atoms with van der Waals surface area (Å²) in [5.41, 5.74) is 5.02. The van der Waals surface area contributed by atoms with Crippen molar-refractivity contribution >= 4 is 0 Å². The molecule has 1 N–H and O–H groups in total. The Kier molecular flexibility index (Phi) is 4.79. The first-order chi connectivity index (χ1) is 12.7. The summed E-state index contributed by atoms with van der Waals surface area (Å²) in [6, 6.07) is 2.08. The molecule has 1 atom stereocenters. The highest BCUT2D eigenvalue weighted by molar-refractivity contribution is 5.63. The van der Waals surface area contributed by atoms with E-state index in [1.807, 2.05) is 20.0 Å². The van der Waals surface area contributed by atoms with Gasteiger partial charge >= 0.3 is 0 Å². The molecule has 0 radical (unpaired) electrons. The second kappa shape index (κ2) is 7.37. The summed E-state index contributed by atoms with van der Waals surface area (Å²) >= 11 is 0. The van der Waals surface area contributed by atoms with Crippen LogP contribution >= 0.6 is 0 Å². The molecule has 4 rings (SSSR count). The molecule has 3 aromatic heterocycles. The quantitative estimate of drug-likeness (QED) is 0.760. The Morgan fingerprint density at radius 2 is 2.23 bits per heavy atom. The lowest BCUT2D eigenvalue weighted by atomic mass is 9.92. The van der Waals surface area contributed by atoms with Crippen molar-refractivity contribution in [3.8, 4) is 11.3 Å². The van der Waals surface area contributed by atoms with Crippen molar-refractivity contribution < 1.29 is 4.52 Å². The van der Waals surface area contributed by atoms with Crippen LogP contribution in [0, 0.1) is 19.8 Å². The first-order valence-corrected chi connectivity index (χ1v) is 9.13. The molecule has 1 fully saturated rings. The summed E-state index contributed by atoms with van der Waals surface area (Å²) < 4.78 is 5.28. The molecule has 3 aromatic rings. The van der Waals surface area contributed by atoms with Gasteiger partial charge in [-0.1, -0.05) is 5.16 Å². The van der Waals surface area contributed by atoms with Crippen LogP contribution in [-0.4, -0.2) is 43.1 Å². The van der Waals surface area contributed by atoms with Gasteiger partial charge in [0.1, 0.15) is 12.1 Å². The molecule has 136 valence electrons. The van der Waals surface area contributed by atoms with Crippen molar-refractivity contribution in [2.45, 2.75) is 39.7 Å². The van der Waals surface area contributed by atoms with Gasteiger partial charge in [-0.3, -0.25) is 4.90 Å². The number of hydrogen-bond acceptors (Lipinski definition) is 6. The Morgan fingerprint density at radius 1 is 1.31 bits per heavy atom. The Hall–Kier alpha value is -2.54. The normalized spacial score (nSPS) is 18.3. The number of aryl methyl sites for hydroxylation is 2. The first-order valence-electron chi connectivity index (χ1n) is 9.13. The molecule has 0 unspecified atom stereocenters. The van der Waals surface area contributed by atoms with Crippen LogP contribution in [-0.2, 0) is 13.0 Å². The number of H-pyrrole nitrogens is 1. The van der Waals surface area contributed by atoms with Crippen LogP contribution in [0.25, 0.3) is 11.3 Å². The first kappa shape index (κ1) is 16.9. The van der Waals surface area contributed by atoms with Crippen molar-refractivity contribution in [3.05, 3.63) is 47.8 Å². The number of aromatic nitrogens is 5. The van der Waals surface area contributed by atoms with E-state index in [9.17, 15) is 0 Å². The van der Waals surface area contributed by atoms with E-state index in [-0.39, 0.29) is 0 Å². The maximum Gasteiger partial charge on any atom is 0.143 e. The smallest absolute Gasteiger partial charge is 0.143 e. The number of hydrogen-bond donors (Lipinski definition) is 1. The standard InChI is InChI=1S/C19H24N6O/c1-13-19(14(2)26-24-13)18-7-16(22-12-23-18)6-15-4-3-5-25(9-15)10-17-8-20-11-21-17/h7-8,11-12,15H,3-6,9-10H2,1-2H3,(H,20,21)/t15-/m0/s1. The fourth-order valence-corrected chi connectivity index (χ4v) is 3.86. The fourth-order valence-electron chi connectivity index (χ4n) is 3.86. The molecule has 1 saturated heterocycles. The molecule has 0 saturated carbocycles. The summed E-state index contributed by atoms with van der Waals surface area (Å²) in [6.45, 7) is 7.03. The Bertz CT molecular complexity index is 837. The van der Waals surface area contributed by atoms with Crippen molar-refractivity contribution in [1.82, 2.24) is 30.0 Å². The molecule has 0 aliphatic carbocycles. The molecule has 0 amide bonds. The molecule has 7 nitrogen and oxygen atoms in total. The summed E-state index contributed by atoms with van der Waals surface area (Å²) in [7, 11) is 0. The van der Waals surface area contributed by atoms with Gasteiger partial charge in [0.2, 0.25) is 0 Å². The second-order valence-corrected chi connectivity index (χ2v) is 7.12. The van der Waals surface area contributed by atoms with E-state index in [0.717, 1.165) is 54.5 Å². The van der Waals surface area contributed by atoms with Crippen molar-refractivity contribution in [2.75, 3.05) is 13.1 Å². The molecule has 4 heterocycles. The SMILES string of the molecule is Cc1noc(C)c1-c1cc(C[C@@H]2CCCN(Cc3cnc[nH]3)C2)ncn1. The van der Waals surface area contributed by atoms with Crippen molar-refractivity contribution in [1.29, 1.82) is 0 Å². The molecule has 0 spiro atoms. The second-order valence-electron chi connectivity index (χ2n) is 7.12. The minimum absolute atomic E-state index is 0.610. The van der Waals surface area contributed by atoms with Gasteiger partial charge in [0.05, 0.1) is 23.3 Å². The van der Waals surface area contributed by atoms with E-state index in [1.54, 1.807) is 12.7 Å². The molecule has 0 bridgehead atoms. The monoisotopic (exact) mass is 352 g/mol. The third kappa shape index (κ3) is 3.67. The number of piperidine rings is 1. The fraction of sp³-hybridized carbons (Fsp3) is 0.474. The highest BCUT2D eigenvalue weighted by Gasteiger charge is 2.22. The lowest BCUT2D eigenvalue weighted by Gasteiger charge is -2.32. The predicted molar refractivity (Wildman–Crippen MR) is 97.3 cm³/mol. The number of nitrogens with one attached hydrogen (secondary N) is 1. The van der Waals surface area contributed by atoms with Gasteiger partial charge in [0.25, 0.3) is 0 Å². The zero-order chi connectivity index (χ0) is 17.9. The third-order valence-electron chi connectivity index (χ3n) is 5.06. The van der Waals surface area contributed by atoms with Crippen molar-refractivity contribution in [2.24, 2.45) is 5.92 Å². The zero-order valence-corrected chi connectivity index (χ0v) is 15.3. The van der Waals surface area contributed by atoms with Gasteiger partial charge in [-0.15, -0.1) is 0 Å². The lowest BCUT2D eigenvalue weighted by Crippen LogP contribution is -2.35. The Morgan fingerprint density at radius 3 is 3.00 bits per heavy atom. The molecular weight excluding hydrogens is 328 g/mol. The maximum absolute atomic E-state index is 5.28. The van der Waals surface area contributed by atoms with Gasteiger partial charge in [-0.05, 0) is 51.6 Å². The largest absolute Gasteiger partial charge is 0.361 e. The van der Waals surface area contributed by atoms with E-state index in [0.29, 0.717) is 5.92 Å². The maximum atomic E-state index is 5.28. The highest BCUT2D eigenvalue weighted by atomic mass is 16.5. The molecule has 1 aliphatic rings. The zero-order valence-electron chi connectivity index (χ0n) is 15.3. The minimum atomic E-state index is 0.610. The average molecular weight is 352 g/mol. The van der Waals surface area contributed by atoms with Gasteiger partial charge in [0, 0.05) is 30.7 Å². The van der Waals surface area contributed by atoms with E-state index >= 15 is 0 Å². The number of rotatable bonds is 5. The van der Waals surface area contributed by atoms with E-state index < -0.39 is 0 Å². The van der Waals surface area contributed by atoms with Crippen LogP contribution < -0.4 is 0 Å². The summed E-state index contributed by atoms with van der Waals surface area (Å²) in [5.74, 6) is 1.41. The predicted octanol–water partition coefficient (Wildman–Crippen LogP) is 2.93.